The van der Waals surface area contributed by atoms with E-state index in [0.717, 1.165) is 21.7 Å². The average molecular weight is 478 g/mol. The van der Waals surface area contributed by atoms with E-state index in [2.05, 4.69) is 10.3 Å². The van der Waals surface area contributed by atoms with Gasteiger partial charge < -0.3 is 25.0 Å². The average Bonchev–Trinajstić information content (AvgIpc) is 3.30. The van der Waals surface area contributed by atoms with Gasteiger partial charge in [-0.3, -0.25) is 4.79 Å². The van der Waals surface area contributed by atoms with Gasteiger partial charge in [0.15, 0.2) is 17.9 Å². The standard InChI is InChI=1S/C22H21F3N4O5/c1-28(21(33)12-5-6-14(24)15(25)8-12)22-20(32)18(19(31)17(10-30)34-22)29-9-16(26-27-29)11-3-2-4-13(23)7-11/h2-9,17-20,22,30-32H,10H2,1H3. The van der Waals surface area contributed by atoms with Gasteiger partial charge in [0, 0.05) is 18.2 Å². The number of amides is 1. The minimum absolute atomic E-state index is 0.199. The van der Waals surface area contributed by atoms with Crippen LogP contribution in [0.25, 0.3) is 11.3 Å². The van der Waals surface area contributed by atoms with Crippen molar-refractivity contribution in [3.63, 3.8) is 0 Å². The van der Waals surface area contributed by atoms with Crippen LogP contribution in [0, 0.1) is 17.5 Å². The molecule has 1 saturated heterocycles. The van der Waals surface area contributed by atoms with Gasteiger partial charge in [-0.15, -0.1) is 5.10 Å². The summed E-state index contributed by atoms with van der Waals surface area (Å²) >= 11 is 0. The van der Waals surface area contributed by atoms with E-state index in [4.69, 9.17) is 4.74 Å². The summed E-state index contributed by atoms with van der Waals surface area (Å²) in [5.74, 6) is -3.64. The molecule has 5 unspecified atom stereocenters. The smallest absolute Gasteiger partial charge is 0.255 e. The number of halogens is 3. The van der Waals surface area contributed by atoms with Gasteiger partial charge >= 0.3 is 0 Å². The lowest BCUT2D eigenvalue weighted by atomic mass is 9.94. The van der Waals surface area contributed by atoms with E-state index >= 15 is 0 Å². The van der Waals surface area contributed by atoms with Gasteiger partial charge in [0.05, 0.1) is 12.8 Å². The Morgan fingerprint density at radius 3 is 2.56 bits per heavy atom. The highest BCUT2D eigenvalue weighted by atomic mass is 19.2. The molecule has 9 nitrogen and oxygen atoms in total. The zero-order chi connectivity index (χ0) is 24.6. The summed E-state index contributed by atoms with van der Waals surface area (Å²) < 4.78 is 47.1. The predicted octanol–water partition coefficient (Wildman–Crippen LogP) is 1.11. The highest BCUT2D eigenvalue weighted by Gasteiger charge is 2.48. The summed E-state index contributed by atoms with van der Waals surface area (Å²) in [7, 11) is 1.26. The molecule has 0 saturated carbocycles. The van der Waals surface area contributed by atoms with E-state index in [-0.39, 0.29) is 11.3 Å². The van der Waals surface area contributed by atoms with Crippen LogP contribution in [-0.4, -0.2) is 79.3 Å². The maximum Gasteiger partial charge on any atom is 0.255 e. The van der Waals surface area contributed by atoms with Crippen LogP contribution in [0.3, 0.4) is 0 Å². The molecule has 5 atom stereocenters. The number of hydrogen-bond donors (Lipinski definition) is 3. The fourth-order valence-electron chi connectivity index (χ4n) is 3.87. The third-order valence-electron chi connectivity index (χ3n) is 5.67. The Balaban J connectivity index is 1.63. The van der Waals surface area contributed by atoms with Crippen molar-refractivity contribution < 1.29 is 38.0 Å². The minimum Gasteiger partial charge on any atom is -0.394 e. The van der Waals surface area contributed by atoms with E-state index in [0.29, 0.717) is 11.6 Å². The molecule has 1 aromatic heterocycles. The number of nitrogens with zero attached hydrogens (tertiary/aromatic N) is 4. The van der Waals surface area contributed by atoms with Crippen LogP contribution in [0.1, 0.15) is 16.4 Å². The van der Waals surface area contributed by atoms with E-state index in [1.807, 2.05) is 0 Å². The van der Waals surface area contributed by atoms with Crippen molar-refractivity contribution in [1.82, 2.24) is 19.9 Å². The Labute approximate surface area is 191 Å². The topological polar surface area (TPSA) is 121 Å². The molecule has 0 bridgehead atoms. The summed E-state index contributed by atoms with van der Waals surface area (Å²) in [6, 6.07) is 6.94. The number of aliphatic hydroxyl groups excluding tert-OH is 3. The molecular weight excluding hydrogens is 457 g/mol. The lowest BCUT2D eigenvalue weighted by Gasteiger charge is -2.45. The molecule has 1 aliphatic rings. The Bertz CT molecular complexity index is 1190. The number of aliphatic hydroxyl groups is 3. The van der Waals surface area contributed by atoms with E-state index < -0.39 is 60.5 Å². The largest absolute Gasteiger partial charge is 0.394 e. The van der Waals surface area contributed by atoms with Crippen LogP contribution in [0.4, 0.5) is 13.2 Å². The first kappa shape index (κ1) is 23.8. The van der Waals surface area contributed by atoms with Gasteiger partial charge in [0.25, 0.3) is 5.91 Å². The number of ether oxygens (including phenoxy) is 1. The highest BCUT2D eigenvalue weighted by molar-refractivity contribution is 5.94. The van der Waals surface area contributed by atoms with Crippen molar-refractivity contribution in [2.75, 3.05) is 13.7 Å². The first-order valence-electron chi connectivity index (χ1n) is 10.2. The lowest BCUT2D eigenvalue weighted by molar-refractivity contribution is -0.235. The van der Waals surface area contributed by atoms with Crippen LogP contribution in [0.5, 0.6) is 0 Å². The Hall–Kier alpha value is -3.32. The van der Waals surface area contributed by atoms with Gasteiger partial charge in [-0.25, -0.2) is 17.9 Å². The molecule has 3 N–H and O–H groups in total. The zero-order valence-electron chi connectivity index (χ0n) is 17.8. The molecule has 0 spiro atoms. The third-order valence-corrected chi connectivity index (χ3v) is 5.67. The zero-order valence-corrected chi connectivity index (χ0v) is 17.8. The van der Waals surface area contributed by atoms with E-state index in [1.165, 1.54) is 31.4 Å². The van der Waals surface area contributed by atoms with Crippen LogP contribution in [-0.2, 0) is 4.74 Å². The molecule has 34 heavy (non-hydrogen) atoms. The third kappa shape index (κ3) is 4.40. The first-order valence-corrected chi connectivity index (χ1v) is 10.2. The normalized spacial score (nSPS) is 24.7. The minimum atomic E-state index is -1.57. The van der Waals surface area contributed by atoms with Gasteiger partial charge in [0.1, 0.15) is 35.9 Å². The van der Waals surface area contributed by atoms with Crippen molar-refractivity contribution in [2.24, 2.45) is 0 Å². The number of benzene rings is 2. The Kier molecular flexibility index (Phi) is 6.66. The van der Waals surface area contributed by atoms with Crippen LogP contribution in [0.15, 0.2) is 48.7 Å². The van der Waals surface area contributed by atoms with E-state index in [1.54, 1.807) is 6.07 Å². The number of aromatic nitrogens is 3. The molecule has 1 aliphatic heterocycles. The maximum atomic E-state index is 13.6. The first-order chi connectivity index (χ1) is 16.2. The summed E-state index contributed by atoms with van der Waals surface area (Å²) in [6.45, 7) is -0.653. The molecule has 3 aromatic rings. The number of likely N-dealkylation sites (N-methyl/N-ethyl adjacent to an activating group) is 1. The van der Waals surface area contributed by atoms with E-state index in [9.17, 15) is 33.3 Å². The molecule has 1 fully saturated rings. The molecule has 2 heterocycles. The summed E-state index contributed by atoms with van der Waals surface area (Å²) in [5.41, 5.74) is 0.464. The fraction of sp³-hybridized carbons (Fsp3) is 0.318. The second kappa shape index (κ2) is 9.50. The summed E-state index contributed by atoms with van der Waals surface area (Å²) in [6.07, 6.45) is -4.27. The predicted molar refractivity (Wildman–Crippen MR) is 111 cm³/mol. The fourth-order valence-corrected chi connectivity index (χ4v) is 3.87. The second-order valence-corrected chi connectivity index (χ2v) is 7.86. The van der Waals surface area contributed by atoms with Crippen molar-refractivity contribution >= 4 is 5.91 Å². The van der Waals surface area contributed by atoms with Crippen LogP contribution >= 0.6 is 0 Å². The highest BCUT2D eigenvalue weighted by Crippen LogP contribution is 2.32. The number of hydrogen-bond acceptors (Lipinski definition) is 7. The molecule has 4 rings (SSSR count). The molecule has 2 aromatic carbocycles. The Morgan fingerprint density at radius 2 is 1.88 bits per heavy atom. The molecule has 180 valence electrons. The molecular formula is C22H21F3N4O5. The van der Waals surface area contributed by atoms with Crippen molar-refractivity contribution in [2.45, 2.75) is 30.6 Å². The van der Waals surface area contributed by atoms with Gasteiger partial charge in [-0.1, -0.05) is 17.3 Å². The number of carbonyl (C=O) groups excluding carboxylic acids is 1. The van der Waals surface area contributed by atoms with Gasteiger partial charge in [-0.05, 0) is 30.3 Å². The number of rotatable bonds is 5. The molecule has 1 amide bonds. The molecule has 0 radical (unpaired) electrons. The SMILES string of the molecule is CN(C(=O)c1ccc(F)c(F)c1)C1OC(CO)C(O)C(n2cc(-c3cccc(F)c3)nn2)C1O. The molecule has 12 heteroatoms. The van der Waals surface area contributed by atoms with Crippen molar-refractivity contribution in [3.8, 4) is 11.3 Å². The number of carbonyl (C=O) groups is 1. The van der Waals surface area contributed by atoms with Gasteiger partial charge in [-0.2, -0.15) is 0 Å². The Morgan fingerprint density at radius 1 is 1.12 bits per heavy atom. The van der Waals surface area contributed by atoms with Crippen LogP contribution in [0.2, 0.25) is 0 Å². The summed E-state index contributed by atoms with van der Waals surface area (Å²) in [4.78, 5) is 13.8. The van der Waals surface area contributed by atoms with Crippen molar-refractivity contribution in [1.29, 1.82) is 0 Å². The maximum absolute atomic E-state index is 13.6. The summed E-state index contributed by atoms with van der Waals surface area (Å²) in [5, 5.41) is 39.3. The van der Waals surface area contributed by atoms with Crippen molar-refractivity contribution in [3.05, 3.63) is 71.7 Å². The van der Waals surface area contributed by atoms with Crippen LogP contribution < -0.4 is 0 Å². The second-order valence-electron chi connectivity index (χ2n) is 7.86. The lowest BCUT2D eigenvalue weighted by Crippen LogP contribution is -2.61. The quantitative estimate of drug-likeness (QED) is 0.503. The monoisotopic (exact) mass is 478 g/mol. The molecule has 0 aliphatic carbocycles. The van der Waals surface area contributed by atoms with Gasteiger partial charge in [0.2, 0.25) is 0 Å².